The first kappa shape index (κ1) is 13.7. The molecule has 0 atom stereocenters. The third-order valence-corrected chi connectivity index (χ3v) is 4.41. The van der Waals surface area contributed by atoms with Crippen LogP contribution in [0.4, 0.5) is 11.5 Å². The minimum atomic E-state index is 0.570. The van der Waals surface area contributed by atoms with E-state index in [4.69, 9.17) is 23.2 Å². The predicted octanol–water partition coefficient (Wildman–Crippen LogP) is 5.51. The Morgan fingerprint density at radius 2 is 1.83 bits per heavy atom. The van der Waals surface area contributed by atoms with Gasteiger partial charge in [-0.3, -0.25) is 0 Å². The highest BCUT2D eigenvalue weighted by atomic mass is 79.9. The molecule has 0 unspecified atom stereocenters. The van der Waals surface area contributed by atoms with Crippen molar-refractivity contribution in [2.24, 2.45) is 0 Å². The average Bonchev–Trinajstić information content (AvgIpc) is 2.35. The molecule has 0 saturated carbocycles. The topological polar surface area (TPSA) is 24.9 Å². The number of pyridine rings is 1. The van der Waals surface area contributed by atoms with Gasteiger partial charge in [0, 0.05) is 6.20 Å². The minimum absolute atomic E-state index is 0.570. The molecule has 1 heterocycles. The molecule has 0 radical (unpaired) electrons. The van der Waals surface area contributed by atoms with Gasteiger partial charge >= 0.3 is 0 Å². The lowest BCUT2D eigenvalue weighted by Crippen LogP contribution is -1.98. The van der Waals surface area contributed by atoms with Crippen molar-refractivity contribution in [3.63, 3.8) is 0 Å². The summed E-state index contributed by atoms with van der Waals surface area (Å²) in [5.74, 6) is 0.699. The molecule has 1 aromatic heterocycles. The van der Waals surface area contributed by atoms with Crippen molar-refractivity contribution < 1.29 is 0 Å². The van der Waals surface area contributed by atoms with Crippen molar-refractivity contribution in [3.8, 4) is 0 Å². The summed E-state index contributed by atoms with van der Waals surface area (Å²) in [4.78, 5) is 4.27. The molecule has 0 amide bonds. The van der Waals surface area contributed by atoms with E-state index in [0.717, 1.165) is 15.6 Å². The lowest BCUT2D eigenvalue weighted by Gasteiger charge is -2.13. The number of benzene rings is 1. The molecule has 18 heavy (non-hydrogen) atoms. The number of rotatable bonds is 2. The Kier molecular flexibility index (Phi) is 4.15. The molecular formula is C13H11BrCl2N2. The van der Waals surface area contributed by atoms with Crippen LogP contribution in [0, 0.1) is 13.8 Å². The van der Waals surface area contributed by atoms with Crippen LogP contribution in [0.15, 0.2) is 28.9 Å². The molecule has 1 aromatic carbocycles. The van der Waals surface area contributed by atoms with E-state index < -0.39 is 0 Å². The summed E-state index contributed by atoms with van der Waals surface area (Å²) in [6.07, 6.45) is 1.74. The summed E-state index contributed by atoms with van der Waals surface area (Å²) < 4.78 is 0.902. The number of nitrogens with zero attached hydrogens (tertiary/aromatic N) is 1. The van der Waals surface area contributed by atoms with Crippen molar-refractivity contribution in [1.82, 2.24) is 4.98 Å². The molecule has 0 bridgehead atoms. The summed E-state index contributed by atoms with van der Waals surface area (Å²) in [6.45, 7) is 3.93. The van der Waals surface area contributed by atoms with Crippen LogP contribution in [0.25, 0.3) is 0 Å². The van der Waals surface area contributed by atoms with Crippen molar-refractivity contribution >= 4 is 50.6 Å². The van der Waals surface area contributed by atoms with Crippen molar-refractivity contribution in [2.45, 2.75) is 13.8 Å². The van der Waals surface area contributed by atoms with Gasteiger partial charge in [-0.15, -0.1) is 0 Å². The van der Waals surface area contributed by atoms with Crippen LogP contribution in [0.1, 0.15) is 11.1 Å². The SMILES string of the molecule is Cc1ccc(Cl)c(Nc2nccc(C)c2Br)c1Cl. The standard InChI is InChI=1S/C13H11BrCl2N2/c1-7-5-6-17-13(10(7)14)18-12-9(15)4-3-8(2)11(12)16/h3-6H,1-2H3,(H,17,18). The molecule has 2 aromatic rings. The van der Waals surface area contributed by atoms with Crippen LogP contribution in [-0.4, -0.2) is 4.98 Å². The van der Waals surface area contributed by atoms with E-state index in [1.54, 1.807) is 6.20 Å². The maximum absolute atomic E-state index is 6.25. The minimum Gasteiger partial charge on any atom is -0.337 e. The number of hydrogen-bond donors (Lipinski definition) is 1. The number of anilines is 2. The third kappa shape index (κ3) is 2.63. The first-order chi connectivity index (χ1) is 8.50. The van der Waals surface area contributed by atoms with Crippen molar-refractivity contribution in [3.05, 3.63) is 50.0 Å². The van der Waals surface area contributed by atoms with Crippen LogP contribution in [0.5, 0.6) is 0 Å². The molecule has 0 saturated heterocycles. The summed E-state index contributed by atoms with van der Waals surface area (Å²) in [5.41, 5.74) is 2.73. The molecule has 0 aliphatic rings. The normalized spacial score (nSPS) is 10.5. The van der Waals surface area contributed by atoms with Crippen molar-refractivity contribution in [2.75, 3.05) is 5.32 Å². The zero-order valence-corrected chi connectivity index (χ0v) is 13.0. The molecule has 2 nitrogen and oxygen atoms in total. The van der Waals surface area contributed by atoms with E-state index in [-0.39, 0.29) is 0 Å². The molecule has 1 N–H and O–H groups in total. The molecule has 0 aliphatic carbocycles. The van der Waals surface area contributed by atoms with Gasteiger partial charge in [0.1, 0.15) is 5.82 Å². The van der Waals surface area contributed by atoms with E-state index in [1.165, 1.54) is 0 Å². The van der Waals surface area contributed by atoms with E-state index >= 15 is 0 Å². The monoisotopic (exact) mass is 344 g/mol. The van der Waals surface area contributed by atoms with Gasteiger partial charge in [0.2, 0.25) is 0 Å². The molecule has 5 heteroatoms. The fourth-order valence-electron chi connectivity index (χ4n) is 1.52. The zero-order valence-electron chi connectivity index (χ0n) is 9.89. The largest absolute Gasteiger partial charge is 0.337 e. The maximum Gasteiger partial charge on any atom is 0.145 e. The highest BCUT2D eigenvalue weighted by molar-refractivity contribution is 9.10. The Bertz CT molecular complexity index is 600. The van der Waals surface area contributed by atoms with Crippen LogP contribution in [0.3, 0.4) is 0 Å². The van der Waals surface area contributed by atoms with E-state index in [2.05, 4.69) is 26.2 Å². The quantitative estimate of drug-likeness (QED) is 0.776. The van der Waals surface area contributed by atoms with Gasteiger partial charge in [-0.25, -0.2) is 4.98 Å². The number of aryl methyl sites for hydroxylation is 2. The average molecular weight is 346 g/mol. The Labute approximate surface area is 124 Å². The highest BCUT2D eigenvalue weighted by Gasteiger charge is 2.11. The summed E-state index contributed by atoms with van der Waals surface area (Å²) in [6, 6.07) is 5.62. The van der Waals surface area contributed by atoms with Gasteiger partial charge in [-0.05, 0) is 53.0 Å². The fourth-order valence-corrected chi connectivity index (χ4v) is 2.32. The van der Waals surface area contributed by atoms with Gasteiger partial charge in [0.15, 0.2) is 0 Å². The Balaban J connectivity index is 2.46. The lowest BCUT2D eigenvalue weighted by molar-refractivity contribution is 1.25. The zero-order chi connectivity index (χ0) is 13.3. The van der Waals surface area contributed by atoms with Gasteiger partial charge in [-0.1, -0.05) is 29.3 Å². The molecule has 0 spiro atoms. The smallest absolute Gasteiger partial charge is 0.145 e. The number of halogens is 3. The van der Waals surface area contributed by atoms with Gasteiger partial charge < -0.3 is 5.32 Å². The first-order valence-corrected chi connectivity index (χ1v) is 6.88. The van der Waals surface area contributed by atoms with Crippen LogP contribution >= 0.6 is 39.1 Å². The van der Waals surface area contributed by atoms with E-state index in [9.17, 15) is 0 Å². The van der Waals surface area contributed by atoms with Gasteiger partial charge in [-0.2, -0.15) is 0 Å². The Morgan fingerprint density at radius 3 is 2.56 bits per heavy atom. The van der Waals surface area contributed by atoms with Gasteiger partial charge in [0.25, 0.3) is 0 Å². The Morgan fingerprint density at radius 1 is 1.11 bits per heavy atom. The summed E-state index contributed by atoms with van der Waals surface area (Å²) in [5, 5.41) is 4.35. The highest BCUT2D eigenvalue weighted by Crippen LogP contribution is 2.36. The summed E-state index contributed by atoms with van der Waals surface area (Å²) in [7, 11) is 0. The second-order valence-electron chi connectivity index (χ2n) is 3.97. The maximum atomic E-state index is 6.25. The van der Waals surface area contributed by atoms with Crippen molar-refractivity contribution in [1.29, 1.82) is 0 Å². The third-order valence-electron chi connectivity index (χ3n) is 2.61. The predicted molar refractivity (Wildman–Crippen MR) is 81.2 cm³/mol. The molecule has 0 aliphatic heterocycles. The molecule has 94 valence electrons. The van der Waals surface area contributed by atoms with Gasteiger partial charge in [0.05, 0.1) is 20.2 Å². The second-order valence-corrected chi connectivity index (χ2v) is 5.55. The van der Waals surface area contributed by atoms with E-state index in [1.807, 2.05) is 32.0 Å². The number of aromatic nitrogens is 1. The van der Waals surface area contributed by atoms with Crippen LogP contribution in [-0.2, 0) is 0 Å². The van der Waals surface area contributed by atoms with Crippen LogP contribution in [0.2, 0.25) is 10.0 Å². The molecule has 0 fully saturated rings. The van der Waals surface area contributed by atoms with Crippen LogP contribution < -0.4 is 5.32 Å². The number of hydrogen-bond acceptors (Lipinski definition) is 2. The fraction of sp³-hybridized carbons (Fsp3) is 0.154. The second kappa shape index (κ2) is 5.47. The molecule has 2 rings (SSSR count). The molecular weight excluding hydrogens is 335 g/mol. The summed E-state index contributed by atoms with van der Waals surface area (Å²) >= 11 is 15.9. The Hall–Kier alpha value is -0.770. The first-order valence-electron chi connectivity index (χ1n) is 5.33. The number of nitrogens with one attached hydrogen (secondary N) is 1. The van der Waals surface area contributed by atoms with E-state index in [0.29, 0.717) is 21.6 Å². The lowest BCUT2D eigenvalue weighted by atomic mass is 10.2.